The highest BCUT2D eigenvalue weighted by atomic mass is 35.5. The molecule has 0 bridgehead atoms. The number of nitrogens with zero attached hydrogens (tertiary/aromatic N) is 2. The first kappa shape index (κ1) is 22.8. The van der Waals surface area contributed by atoms with E-state index in [1.54, 1.807) is 0 Å². The number of halogens is 3. The fourth-order valence-corrected chi connectivity index (χ4v) is 4.07. The number of anilines is 2. The molecule has 2 aromatic rings. The van der Waals surface area contributed by atoms with Crippen molar-refractivity contribution < 1.29 is 10.3 Å². The Bertz CT molecular complexity index is 839. The van der Waals surface area contributed by atoms with Crippen LogP contribution in [0.1, 0.15) is 17.5 Å². The summed E-state index contributed by atoms with van der Waals surface area (Å²) in [5, 5.41) is 4.20. The zero-order chi connectivity index (χ0) is 18.1. The molecule has 28 heavy (non-hydrogen) atoms. The van der Waals surface area contributed by atoms with Gasteiger partial charge in [-0.2, -0.15) is 0 Å². The molecule has 1 amide bonds. The van der Waals surface area contributed by atoms with Crippen LogP contribution in [0, 0.1) is 0 Å². The lowest BCUT2D eigenvalue weighted by Gasteiger charge is -2.38. The molecule has 152 valence electrons. The van der Waals surface area contributed by atoms with Crippen LogP contribution in [0.15, 0.2) is 36.4 Å². The van der Waals surface area contributed by atoms with Crippen molar-refractivity contribution in [3.05, 3.63) is 57.6 Å². The lowest BCUT2D eigenvalue weighted by atomic mass is 10.00. The maximum absolute atomic E-state index is 11.6. The van der Waals surface area contributed by atoms with Crippen molar-refractivity contribution in [2.45, 2.75) is 19.4 Å². The van der Waals surface area contributed by atoms with Gasteiger partial charge in [0.1, 0.15) is 0 Å². The van der Waals surface area contributed by atoms with E-state index < -0.39 is 0 Å². The Morgan fingerprint density at radius 1 is 0.964 bits per heavy atom. The van der Waals surface area contributed by atoms with Crippen molar-refractivity contribution >= 4 is 52.9 Å². The molecule has 2 aromatic carbocycles. The van der Waals surface area contributed by atoms with Gasteiger partial charge in [-0.15, -0.1) is 12.4 Å². The monoisotopic (exact) mass is 443 g/mol. The molecule has 5 nitrogen and oxygen atoms in total. The van der Waals surface area contributed by atoms with E-state index in [9.17, 15) is 4.79 Å². The van der Waals surface area contributed by atoms with Crippen molar-refractivity contribution in [3.8, 4) is 0 Å². The van der Waals surface area contributed by atoms with E-state index in [0.717, 1.165) is 44.8 Å². The van der Waals surface area contributed by atoms with Gasteiger partial charge < -0.3 is 15.7 Å². The van der Waals surface area contributed by atoms with E-state index >= 15 is 0 Å². The molecule has 0 spiro atoms. The van der Waals surface area contributed by atoms with Crippen molar-refractivity contribution in [1.29, 1.82) is 0 Å². The molecule has 0 atom stereocenters. The molecular weight excluding hydrogens is 421 g/mol. The third kappa shape index (κ3) is 4.91. The van der Waals surface area contributed by atoms with Crippen LogP contribution in [0.25, 0.3) is 0 Å². The van der Waals surface area contributed by atoms with Gasteiger partial charge >= 0.3 is 0 Å². The Labute approximate surface area is 181 Å². The van der Waals surface area contributed by atoms with E-state index in [1.165, 1.54) is 16.8 Å². The minimum absolute atomic E-state index is 0. The summed E-state index contributed by atoms with van der Waals surface area (Å²) < 4.78 is 0. The highest BCUT2D eigenvalue weighted by Crippen LogP contribution is 2.32. The molecule has 2 heterocycles. The highest BCUT2D eigenvalue weighted by molar-refractivity contribution is 6.42. The van der Waals surface area contributed by atoms with Crippen LogP contribution < -0.4 is 10.2 Å². The molecule has 0 aliphatic carbocycles. The Hall–Kier alpha value is -1.50. The Morgan fingerprint density at radius 2 is 1.71 bits per heavy atom. The maximum Gasteiger partial charge on any atom is 0.224 e. The summed E-state index contributed by atoms with van der Waals surface area (Å²) in [5.74, 6) is 0.112. The van der Waals surface area contributed by atoms with Gasteiger partial charge in [-0.1, -0.05) is 35.3 Å². The molecule has 0 unspecified atom stereocenters. The molecular formula is C20H24Cl3N3O2. The summed E-state index contributed by atoms with van der Waals surface area (Å²) in [6.07, 6.45) is 1.39. The van der Waals surface area contributed by atoms with E-state index in [4.69, 9.17) is 23.2 Å². The number of hydrogen-bond acceptors (Lipinski definition) is 3. The van der Waals surface area contributed by atoms with Gasteiger partial charge in [0.15, 0.2) is 0 Å². The van der Waals surface area contributed by atoms with Gasteiger partial charge in [0, 0.05) is 50.5 Å². The van der Waals surface area contributed by atoms with Gasteiger partial charge in [-0.05, 0) is 41.8 Å². The molecule has 0 saturated carbocycles. The average Bonchev–Trinajstić information content (AvgIpc) is 2.65. The summed E-state index contributed by atoms with van der Waals surface area (Å²) in [5.41, 5.74) is 4.69. The largest absolute Gasteiger partial charge is 0.412 e. The zero-order valence-electron chi connectivity index (χ0n) is 15.4. The number of rotatable bonds is 3. The summed E-state index contributed by atoms with van der Waals surface area (Å²) in [6, 6.07) is 12.0. The normalized spacial score (nSPS) is 16.5. The van der Waals surface area contributed by atoms with Crippen molar-refractivity contribution in [2.24, 2.45) is 0 Å². The zero-order valence-corrected chi connectivity index (χ0v) is 17.7. The minimum atomic E-state index is 0. The summed E-state index contributed by atoms with van der Waals surface area (Å²) in [7, 11) is 0. The molecule has 8 heteroatoms. The highest BCUT2D eigenvalue weighted by Gasteiger charge is 2.23. The standard InChI is InChI=1S/C20H21Cl2N3O.ClH.H2O/c21-16-6-4-14(12-17(16)22)13-24-8-10-25(11-9-24)19-3-1-2-18-15(19)5-7-20(26)23-18;;/h1-4,6,12H,5,7-11,13H2,(H,23,26);1H;1H2. The third-order valence-corrected chi connectivity index (χ3v) is 5.87. The molecule has 0 radical (unpaired) electrons. The number of piperazine rings is 1. The molecule has 1 fully saturated rings. The lowest BCUT2D eigenvalue weighted by Crippen LogP contribution is -2.46. The first-order chi connectivity index (χ1) is 12.6. The lowest BCUT2D eigenvalue weighted by molar-refractivity contribution is -0.116. The number of nitrogens with one attached hydrogen (secondary N) is 1. The molecule has 2 aliphatic rings. The topological polar surface area (TPSA) is 67.1 Å². The van der Waals surface area contributed by atoms with Crippen molar-refractivity contribution in [1.82, 2.24) is 4.90 Å². The number of amides is 1. The minimum Gasteiger partial charge on any atom is -0.412 e. The molecule has 3 N–H and O–H groups in total. The molecule has 4 rings (SSSR count). The number of carbonyl (C=O) groups is 1. The smallest absolute Gasteiger partial charge is 0.224 e. The van der Waals surface area contributed by atoms with Crippen LogP contribution in [0.4, 0.5) is 11.4 Å². The van der Waals surface area contributed by atoms with Gasteiger partial charge in [-0.25, -0.2) is 0 Å². The van der Waals surface area contributed by atoms with E-state index in [1.807, 2.05) is 30.3 Å². The van der Waals surface area contributed by atoms with Gasteiger partial charge in [-0.3, -0.25) is 9.69 Å². The summed E-state index contributed by atoms with van der Waals surface area (Å²) >= 11 is 12.1. The van der Waals surface area contributed by atoms with Crippen LogP contribution in [-0.4, -0.2) is 42.5 Å². The quantitative estimate of drug-likeness (QED) is 0.783. The van der Waals surface area contributed by atoms with Gasteiger partial charge in [0.05, 0.1) is 10.0 Å². The van der Waals surface area contributed by atoms with Gasteiger partial charge in [0.2, 0.25) is 5.91 Å². The summed E-state index contributed by atoms with van der Waals surface area (Å²) in [4.78, 5) is 16.5. The number of carbonyl (C=O) groups excluding carboxylic acids is 1. The third-order valence-electron chi connectivity index (χ3n) is 5.13. The Kier molecular flexibility index (Phi) is 7.98. The first-order valence-corrected chi connectivity index (χ1v) is 9.69. The number of fused-ring (bicyclic) bond motifs is 1. The fourth-order valence-electron chi connectivity index (χ4n) is 3.75. The van der Waals surface area contributed by atoms with Crippen LogP contribution in [0.3, 0.4) is 0 Å². The predicted octanol–water partition coefficient (Wildman–Crippen LogP) is 3.80. The van der Waals surface area contributed by atoms with E-state index in [2.05, 4.69) is 21.2 Å². The second kappa shape index (κ2) is 9.81. The Balaban J connectivity index is 0.00000140. The van der Waals surface area contributed by atoms with Crippen molar-refractivity contribution in [2.75, 3.05) is 36.4 Å². The van der Waals surface area contributed by atoms with Crippen LogP contribution >= 0.6 is 35.6 Å². The van der Waals surface area contributed by atoms with Crippen LogP contribution in [-0.2, 0) is 17.8 Å². The van der Waals surface area contributed by atoms with Crippen LogP contribution in [0.2, 0.25) is 10.0 Å². The second-order valence-electron chi connectivity index (χ2n) is 6.86. The van der Waals surface area contributed by atoms with Gasteiger partial charge in [0.25, 0.3) is 0 Å². The fraction of sp³-hybridized carbons (Fsp3) is 0.350. The Morgan fingerprint density at radius 3 is 2.43 bits per heavy atom. The first-order valence-electron chi connectivity index (χ1n) is 8.93. The number of hydrogen-bond donors (Lipinski definition) is 1. The molecule has 0 aromatic heterocycles. The van der Waals surface area contributed by atoms with Crippen molar-refractivity contribution in [3.63, 3.8) is 0 Å². The molecule has 1 saturated heterocycles. The maximum atomic E-state index is 11.6. The predicted molar refractivity (Wildman–Crippen MR) is 118 cm³/mol. The van der Waals surface area contributed by atoms with E-state index in [-0.39, 0.29) is 23.8 Å². The second-order valence-corrected chi connectivity index (χ2v) is 7.68. The van der Waals surface area contributed by atoms with E-state index in [0.29, 0.717) is 16.5 Å². The number of benzene rings is 2. The van der Waals surface area contributed by atoms with Crippen LogP contribution in [0.5, 0.6) is 0 Å². The summed E-state index contributed by atoms with van der Waals surface area (Å²) in [6.45, 7) is 4.83. The average molecular weight is 445 g/mol. The SMILES string of the molecule is Cl.O.O=C1CCc2c(cccc2N2CCN(Cc3ccc(Cl)c(Cl)c3)CC2)N1. The molecule has 2 aliphatic heterocycles.